The molecule has 0 aromatic heterocycles. The summed E-state index contributed by atoms with van der Waals surface area (Å²) < 4.78 is 6.51. The highest BCUT2D eigenvalue weighted by atomic mass is 28.4. The van der Waals surface area contributed by atoms with E-state index in [1.807, 2.05) is 0 Å². The van der Waals surface area contributed by atoms with E-state index in [-0.39, 0.29) is 17.6 Å². The predicted molar refractivity (Wildman–Crippen MR) is 117 cm³/mol. The number of carboxylic acid groups (broad SMARTS) is 1. The lowest BCUT2D eigenvalue weighted by atomic mass is 10.0. The molecule has 0 aliphatic carbocycles. The molecule has 162 valence electrons. The second-order valence-electron chi connectivity index (χ2n) is 9.60. The molecule has 0 rings (SSSR count). The first-order chi connectivity index (χ1) is 12.5. The molecule has 0 aromatic carbocycles. The van der Waals surface area contributed by atoms with Crippen LogP contribution >= 0.6 is 0 Å². The van der Waals surface area contributed by atoms with Crippen LogP contribution in [-0.2, 0) is 9.22 Å². The third-order valence-electron chi connectivity index (χ3n) is 5.84. The molecular weight excluding hydrogens is 356 g/mol. The molecule has 0 saturated carbocycles. The van der Waals surface area contributed by atoms with Crippen LogP contribution in [0, 0.1) is 0 Å². The lowest BCUT2D eigenvalue weighted by Gasteiger charge is -2.39. The fourth-order valence-electron chi connectivity index (χ4n) is 3.09. The summed E-state index contributed by atoms with van der Waals surface area (Å²) in [5.74, 6) is -0.948. The van der Waals surface area contributed by atoms with Crippen LogP contribution in [0.3, 0.4) is 0 Å². The lowest BCUT2D eigenvalue weighted by Crippen LogP contribution is -2.44. The highest BCUT2D eigenvalue weighted by Gasteiger charge is 2.39. The van der Waals surface area contributed by atoms with E-state index in [2.05, 4.69) is 40.8 Å². The third kappa shape index (κ3) is 13.4. The van der Waals surface area contributed by atoms with Crippen LogP contribution in [0.4, 0.5) is 0 Å². The fourth-order valence-corrected chi connectivity index (χ4v) is 4.49. The summed E-state index contributed by atoms with van der Waals surface area (Å²) in [5, 5.41) is 19.1. The minimum atomic E-state index is -1.93. The van der Waals surface area contributed by atoms with Crippen LogP contribution in [0.1, 0.15) is 105 Å². The Kier molecular flexibility index (Phi) is 13.5. The summed E-state index contributed by atoms with van der Waals surface area (Å²) in [6, 6.07) is 0. The first kappa shape index (κ1) is 26.6. The molecule has 0 aliphatic heterocycles. The van der Waals surface area contributed by atoms with Crippen LogP contribution < -0.4 is 0 Å². The number of carboxylic acids is 1. The number of hydrogen-bond donors (Lipinski definition) is 2. The molecule has 0 amide bonds. The maximum atomic E-state index is 10.9. The summed E-state index contributed by atoms with van der Waals surface area (Å²) in [5.41, 5.74) is 0. The van der Waals surface area contributed by atoms with Crippen molar-refractivity contribution < 1.29 is 19.4 Å². The molecular formula is C22H46O4Si. The van der Waals surface area contributed by atoms with Gasteiger partial charge < -0.3 is 14.6 Å². The number of hydrogen-bond acceptors (Lipinski definition) is 3. The maximum absolute atomic E-state index is 10.9. The molecule has 0 fully saturated rings. The van der Waals surface area contributed by atoms with E-state index in [1.165, 1.54) is 51.4 Å². The Morgan fingerprint density at radius 3 is 1.89 bits per heavy atom. The van der Waals surface area contributed by atoms with Crippen molar-refractivity contribution in [3.8, 4) is 0 Å². The van der Waals surface area contributed by atoms with Gasteiger partial charge in [0, 0.05) is 6.10 Å². The van der Waals surface area contributed by atoms with Gasteiger partial charge in [0.25, 0.3) is 0 Å². The molecule has 27 heavy (non-hydrogen) atoms. The van der Waals surface area contributed by atoms with Crippen molar-refractivity contribution in [2.45, 2.75) is 135 Å². The molecule has 5 heteroatoms. The van der Waals surface area contributed by atoms with E-state index in [4.69, 9.17) is 9.53 Å². The standard InChI is InChI=1S/C22H46O4Si/c1-7-8-9-10-11-12-13-14-15-16-20(17-19(23)18-21(24)25)26-27(5,6)22(2,3)4/h19-20,23H,7-18H2,1-6H3,(H,24,25). The topological polar surface area (TPSA) is 66.8 Å². The summed E-state index contributed by atoms with van der Waals surface area (Å²) in [6.45, 7) is 13.3. The van der Waals surface area contributed by atoms with E-state index < -0.39 is 20.4 Å². The van der Waals surface area contributed by atoms with E-state index in [0.717, 1.165) is 12.8 Å². The molecule has 0 bridgehead atoms. The second kappa shape index (κ2) is 13.7. The van der Waals surface area contributed by atoms with Crippen LogP contribution in [0.25, 0.3) is 0 Å². The molecule has 2 unspecified atom stereocenters. The third-order valence-corrected chi connectivity index (χ3v) is 10.4. The highest BCUT2D eigenvalue weighted by molar-refractivity contribution is 6.74. The van der Waals surface area contributed by atoms with Gasteiger partial charge in [-0.05, 0) is 31.0 Å². The zero-order chi connectivity index (χ0) is 20.9. The zero-order valence-corrected chi connectivity index (χ0v) is 19.9. The smallest absolute Gasteiger partial charge is 0.305 e. The SMILES string of the molecule is CCCCCCCCCCCC(CC(O)CC(=O)O)O[Si](C)(C)C(C)(C)C. The Balaban J connectivity index is 4.36. The lowest BCUT2D eigenvalue weighted by molar-refractivity contribution is -0.139. The fraction of sp³-hybridized carbons (Fsp3) is 0.955. The normalized spacial score (nSPS) is 14.9. The largest absolute Gasteiger partial charge is 0.481 e. The van der Waals surface area contributed by atoms with Crippen molar-refractivity contribution in [2.75, 3.05) is 0 Å². The molecule has 0 saturated heterocycles. The number of unbranched alkanes of at least 4 members (excludes halogenated alkanes) is 8. The summed E-state index contributed by atoms with van der Waals surface area (Å²) in [6.07, 6.45) is 11.8. The second-order valence-corrected chi connectivity index (χ2v) is 14.4. The van der Waals surface area contributed by atoms with Crippen molar-refractivity contribution in [3.05, 3.63) is 0 Å². The van der Waals surface area contributed by atoms with Gasteiger partial charge in [0.2, 0.25) is 0 Å². The number of carbonyl (C=O) groups is 1. The van der Waals surface area contributed by atoms with Gasteiger partial charge in [0.15, 0.2) is 8.32 Å². The average Bonchev–Trinajstić information content (AvgIpc) is 2.50. The average molecular weight is 403 g/mol. The number of aliphatic hydroxyl groups is 1. The molecule has 0 aromatic rings. The van der Waals surface area contributed by atoms with Crippen molar-refractivity contribution in [3.63, 3.8) is 0 Å². The molecule has 2 N–H and O–H groups in total. The van der Waals surface area contributed by atoms with Gasteiger partial charge in [-0.25, -0.2) is 0 Å². The van der Waals surface area contributed by atoms with Crippen molar-refractivity contribution in [1.82, 2.24) is 0 Å². The maximum Gasteiger partial charge on any atom is 0.305 e. The van der Waals surface area contributed by atoms with Gasteiger partial charge in [-0.3, -0.25) is 4.79 Å². The van der Waals surface area contributed by atoms with Gasteiger partial charge >= 0.3 is 5.97 Å². The minimum absolute atomic E-state index is 0.0372. The number of aliphatic hydroxyl groups excluding tert-OH is 1. The van der Waals surface area contributed by atoms with E-state index >= 15 is 0 Å². The van der Waals surface area contributed by atoms with Crippen LogP contribution in [-0.4, -0.2) is 36.7 Å². The van der Waals surface area contributed by atoms with Crippen LogP contribution in [0.15, 0.2) is 0 Å². The van der Waals surface area contributed by atoms with Crippen molar-refractivity contribution in [2.24, 2.45) is 0 Å². The van der Waals surface area contributed by atoms with E-state index in [0.29, 0.717) is 6.42 Å². The van der Waals surface area contributed by atoms with Crippen molar-refractivity contribution >= 4 is 14.3 Å². The molecule has 0 aliphatic rings. The van der Waals surface area contributed by atoms with Gasteiger partial charge in [-0.2, -0.15) is 0 Å². The zero-order valence-electron chi connectivity index (χ0n) is 18.9. The Labute approximate surface area is 169 Å². The van der Waals surface area contributed by atoms with Crippen LogP contribution in [0.2, 0.25) is 18.1 Å². The number of aliphatic carboxylic acids is 1. The first-order valence-corrected chi connectivity index (χ1v) is 14.0. The quantitative estimate of drug-likeness (QED) is 0.228. The number of rotatable bonds is 16. The summed E-state index contributed by atoms with van der Waals surface area (Å²) in [7, 11) is -1.93. The highest BCUT2D eigenvalue weighted by Crippen LogP contribution is 2.38. The van der Waals surface area contributed by atoms with E-state index in [9.17, 15) is 9.90 Å². The Bertz CT molecular complexity index is 390. The van der Waals surface area contributed by atoms with Gasteiger partial charge in [0.1, 0.15) is 0 Å². The Morgan fingerprint density at radius 1 is 0.963 bits per heavy atom. The van der Waals surface area contributed by atoms with E-state index in [1.54, 1.807) is 0 Å². The minimum Gasteiger partial charge on any atom is -0.481 e. The van der Waals surface area contributed by atoms with Crippen molar-refractivity contribution in [1.29, 1.82) is 0 Å². The molecule has 2 atom stereocenters. The summed E-state index contributed by atoms with van der Waals surface area (Å²) >= 11 is 0. The monoisotopic (exact) mass is 402 g/mol. The Morgan fingerprint density at radius 2 is 1.44 bits per heavy atom. The molecule has 4 nitrogen and oxygen atoms in total. The van der Waals surface area contributed by atoms with Gasteiger partial charge in [0.05, 0.1) is 12.5 Å². The molecule has 0 radical (unpaired) electrons. The summed E-state index contributed by atoms with van der Waals surface area (Å²) in [4.78, 5) is 10.9. The molecule has 0 heterocycles. The predicted octanol–water partition coefficient (Wildman–Crippen LogP) is 6.52. The van der Waals surface area contributed by atoms with Crippen LogP contribution in [0.5, 0.6) is 0 Å². The van der Waals surface area contributed by atoms with Gasteiger partial charge in [-0.1, -0.05) is 85.5 Å². The van der Waals surface area contributed by atoms with Gasteiger partial charge in [-0.15, -0.1) is 0 Å². The Hall–Kier alpha value is -0.393. The first-order valence-electron chi connectivity index (χ1n) is 11.1. The molecule has 0 spiro atoms.